The Hall–Kier alpha value is -1.51. The highest BCUT2D eigenvalue weighted by Crippen LogP contribution is 2.54. The number of amides is 1. The van der Waals surface area contributed by atoms with Crippen molar-refractivity contribution < 1.29 is 9.53 Å². The molecular formula is C13H15NO2. The molecule has 0 aromatic heterocycles. The van der Waals surface area contributed by atoms with Crippen LogP contribution in [-0.4, -0.2) is 18.1 Å². The number of fused-ring (bicyclic) bond motifs is 5. The van der Waals surface area contributed by atoms with Gasteiger partial charge in [0, 0.05) is 0 Å². The van der Waals surface area contributed by atoms with Crippen LogP contribution >= 0.6 is 0 Å². The molecule has 0 radical (unpaired) electrons. The van der Waals surface area contributed by atoms with E-state index in [1.807, 2.05) is 4.90 Å². The summed E-state index contributed by atoms with van der Waals surface area (Å²) < 4.78 is 4.87. The van der Waals surface area contributed by atoms with E-state index < -0.39 is 0 Å². The first kappa shape index (κ1) is 9.70. The van der Waals surface area contributed by atoms with Crippen LogP contribution in [0.2, 0.25) is 0 Å². The van der Waals surface area contributed by atoms with Gasteiger partial charge in [-0.15, -0.1) is 0 Å². The number of aryl methyl sites for hydroxylation is 1. The van der Waals surface area contributed by atoms with E-state index in [0.717, 1.165) is 12.8 Å². The van der Waals surface area contributed by atoms with Crippen molar-refractivity contribution in [1.29, 1.82) is 0 Å². The van der Waals surface area contributed by atoms with Crippen LogP contribution in [0.5, 0.6) is 0 Å². The van der Waals surface area contributed by atoms with Crippen LogP contribution in [0.3, 0.4) is 0 Å². The average Bonchev–Trinajstić information content (AvgIpc) is 2.85. The average molecular weight is 217 g/mol. The van der Waals surface area contributed by atoms with Crippen LogP contribution in [0.25, 0.3) is 0 Å². The third kappa shape index (κ3) is 1.06. The normalized spacial score (nSPS) is 25.8. The maximum Gasteiger partial charge on any atom is 0.410 e. The van der Waals surface area contributed by atoms with Crippen LogP contribution in [-0.2, 0) is 4.74 Å². The van der Waals surface area contributed by atoms with Gasteiger partial charge in [-0.1, -0.05) is 18.2 Å². The molecule has 0 aliphatic carbocycles. The van der Waals surface area contributed by atoms with E-state index in [0.29, 0.717) is 0 Å². The number of nitrogens with zero attached hydrogens (tertiary/aromatic N) is 1. The number of methoxy groups -OCH3 is 1. The molecule has 2 aliphatic rings. The van der Waals surface area contributed by atoms with Crippen molar-refractivity contribution in [2.45, 2.75) is 31.8 Å². The summed E-state index contributed by atoms with van der Waals surface area (Å²) in [5, 5.41) is 0. The van der Waals surface area contributed by atoms with E-state index in [1.165, 1.54) is 23.8 Å². The minimum Gasteiger partial charge on any atom is -0.453 e. The fourth-order valence-corrected chi connectivity index (χ4v) is 3.21. The monoisotopic (exact) mass is 217 g/mol. The van der Waals surface area contributed by atoms with Gasteiger partial charge < -0.3 is 4.74 Å². The fourth-order valence-electron chi connectivity index (χ4n) is 3.21. The minimum absolute atomic E-state index is 0.192. The van der Waals surface area contributed by atoms with Gasteiger partial charge in [0.2, 0.25) is 0 Å². The molecule has 0 N–H and O–H groups in total. The van der Waals surface area contributed by atoms with Crippen molar-refractivity contribution in [2.75, 3.05) is 7.11 Å². The Morgan fingerprint density at radius 3 is 2.81 bits per heavy atom. The Morgan fingerprint density at radius 1 is 1.38 bits per heavy atom. The van der Waals surface area contributed by atoms with Crippen molar-refractivity contribution in [2.24, 2.45) is 0 Å². The van der Waals surface area contributed by atoms with E-state index in [4.69, 9.17) is 4.74 Å². The van der Waals surface area contributed by atoms with Crippen molar-refractivity contribution in [3.05, 3.63) is 34.9 Å². The van der Waals surface area contributed by atoms with Gasteiger partial charge in [0.1, 0.15) is 0 Å². The zero-order chi connectivity index (χ0) is 11.3. The standard InChI is InChI=1S/C13H15NO2/c1-8-4-3-5-9-10-6-7-11(12(8)9)14(10)13(15)16-2/h3-5,10-11H,6-7H2,1-2H3/t10-,11+/m0/s1. The highest BCUT2D eigenvalue weighted by atomic mass is 16.5. The summed E-state index contributed by atoms with van der Waals surface area (Å²) in [5.41, 5.74) is 3.96. The van der Waals surface area contributed by atoms with E-state index in [9.17, 15) is 4.79 Å². The maximum absolute atomic E-state index is 11.8. The molecule has 1 saturated heterocycles. The number of hydrogen-bond acceptors (Lipinski definition) is 2. The number of ether oxygens (including phenoxy) is 1. The number of carbonyl (C=O) groups is 1. The third-order valence-corrected chi connectivity index (χ3v) is 3.82. The Kier molecular flexibility index (Phi) is 1.96. The molecule has 1 aromatic rings. The second-order valence-corrected chi connectivity index (χ2v) is 4.56. The molecule has 2 aliphatic heterocycles. The van der Waals surface area contributed by atoms with Crippen molar-refractivity contribution >= 4 is 6.09 Å². The maximum atomic E-state index is 11.8. The fraction of sp³-hybridized carbons (Fsp3) is 0.462. The summed E-state index contributed by atoms with van der Waals surface area (Å²) in [6.45, 7) is 2.12. The second-order valence-electron chi connectivity index (χ2n) is 4.56. The van der Waals surface area contributed by atoms with E-state index in [2.05, 4.69) is 25.1 Å². The molecule has 3 heteroatoms. The van der Waals surface area contributed by atoms with Gasteiger partial charge in [-0.25, -0.2) is 4.79 Å². The SMILES string of the molecule is COC(=O)N1[C@@H]2CC[C@H]1c1cccc(C)c12. The summed E-state index contributed by atoms with van der Waals surface area (Å²) in [6.07, 6.45) is 1.94. The number of rotatable bonds is 0. The zero-order valence-electron chi connectivity index (χ0n) is 9.56. The highest BCUT2D eigenvalue weighted by Gasteiger charge is 2.47. The van der Waals surface area contributed by atoms with Gasteiger partial charge >= 0.3 is 6.09 Å². The summed E-state index contributed by atoms with van der Waals surface area (Å²) in [4.78, 5) is 13.7. The zero-order valence-corrected chi connectivity index (χ0v) is 9.56. The lowest BCUT2D eigenvalue weighted by Gasteiger charge is -2.20. The van der Waals surface area contributed by atoms with Crippen molar-refractivity contribution in [3.63, 3.8) is 0 Å². The molecule has 0 unspecified atom stereocenters. The first-order chi connectivity index (χ1) is 7.74. The molecule has 3 nitrogen and oxygen atoms in total. The molecule has 2 heterocycles. The van der Waals surface area contributed by atoms with E-state index in [1.54, 1.807) is 0 Å². The molecule has 2 bridgehead atoms. The molecular weight excluding hydrogens is 202 g/mol. The van der Waals surface area contributed by atoms with Gasteiger partial charge in [-0.05, 0) is 36.5 Å². The predicted molar refractivity (Wildman–Crippen MR) is 60.1 cm³/mol. The van der Waals surface area contributed by atoms with Gasteiger partial charge in [-0.2, -0.15) is 0 Å². The van der Waals surface area contributed by atoms with E-state index >= 15 is 0 Å². The lowest BCUT2D eigenvalue weighted by molar-refractivity contribution is 0.110. The Balaban J connectivity index is 2.09. The molecule has 2 atom stereocenters. The number of carbonyl (C=O) groups excluding carboxylic acids is 1. The Morgan fingerprint density at radius 2 is 2.12 bits per heavy atom. The van der Waals surface area contributed by atoms with Gasteiger partial charge in [0.15, 0.2) is 0 Å². The molecule has 84 valence electrons. The summed E-state index contributed by atoms with van der Waals surface area (Å²) in [5.74, 6) is 0. The van der Waals surface area contributed by atoms with Crippen molar-refractivity contribution in [3.8, 4) is 0 Å². The number of hydrogen-bond donors (Lipinski definition) is 0. The summed E-state index contributed by atoms with van der Waals surface area (Å²) in [7, 11) is 1.46. The molecule has 0 spiro atoms. The minimum atomic E-state index is -0.192. The highest BCUT2D eigenvalue weighted by molar-refractivity contribution is 5.71. The third-order valence-electron chi connectivity index (χ3n) is 3.82. The van der Waals surface area contributed by atoms with Crippen LogP contribution < -0.4 is 0 Å². The Labute approximate surface area is 95.0 Å². The molecule has 0 saturated carbocycles. The van der Waals surface area contributed by atoms with Gasteiger partial charge in [0.05, 0.1) is 19.2 Å². The second kappa shape index (κ2) is 3.24. The largest absolute Gasteiger partial charge is 0.453 e. The molecule has 16 heavy (non-hydrogen) atoms. The predicted octanol–water partition coefficient (Wildman–Crippen LogP) is 2.95. The molecule has 1 amide bonds. The number of benzene rings is 1. The summed E-state index contributed by atoms with van der Waals surface area (Å²) in [6, 6.07) is 6.82. The quantitative estimate of drug-likeness (QED) is 0.668. The lowest BCUT2D eigenvalue weighted by Crippen LogP contribution is -2.27. The van der Waals surface area contributed by atoms with Gasteiger partial charge in [-0.3, -0.25) is 4.90 Å². The Bertz CT molecular complexity index is 455. The topological polar surface area (TPSA) is 29.5 Å². The van der Waals surface area contributed by atoms with Crippen LogP contribution in [0, 0.1) is 6.92 Å². The molecule has 1 fully saturated rings. The summed E-state index contributed by atoms with van der Waals surface area (Å²) >= 11 is 0. The van der Waals surface area contributed by atoms with Crippen LogP contribution in [0.15, 0.2) is 18.2 Å². The molecule has 1 aromatic carbocycles. The van der Waals surface area contributed by atoms with Gasteiger partial charge in [0.25, 0.3) is 0 Å². The smallest absolute Gasteiger partial charge is 0.410 e. The van der Waals surface area contributed by atoms with E-state index in [-0.39, 0.29) is 18.2 Å². The van der Waals surface area contributed by atoms with Crippen LogP contribution in [0.4, 0.5) is 4.79 Å². The van der Waals surface area contributed by atoms with Crippen LogP contribution in [0.1, 0.15) is 41.6 Å². The first-order valence-electron chi connectivity index (χ1n) is 5.69. The lowest BCUT2D eigenvalue weighted by atomic mass is 9.89. The first-order valence-corrected chi connectivity index (χ1v) is 5.69. The molecule has 3 rings (SSSR count). The van der Waals surface area contributed by atoms with Crippen molar-refractivity contribution in [1.82, 2.24) is 4.90 Å².